The summed E-state index contributed by atoms with van der Waals surface area (Å²) in [6, 6.07) is 10.2. The van der Waals surface area contributed by atoms with Crippen LogP contribution in [0.4, 0.5) is 10.5 Å². The van der Waals surface area contributed by atoms with Gasteiger partial charge in [0.2, 0.25) is 0 Å². The number of nitrogens with zero attached hydrogens (tertiary/aromatic N) is 4. The Morgan fingerprint density at radius 1 is 1.23 bits per heavy atom. The number of hydrogen-bond donors (Lipinski definition) is 1. The van der Waals surface area contributed by atoms with Crippen molar-refractivity contribution in [2.75, 3.05) is 25.5 Å². The molecule has 6 nitrogen and oxygen atoms in total. The van der Waals surface area contributed by atoms with Crippen LogP contribution in [0.5, 0.6) is 0 Å². The third-order valence-electron chi connectivity index (χ3n) is 4.89. The summed E-state index contributed by atoms with van der Waals surface area (Å²) in [4.78, 5) is 25.4. The summed E-state index contributed by atoms with van der Waals surface area (Å²) >= 11 is 0. The molecule has 1 aliphatic rings. The minimum Gasteiger partial charge on any atom is -0.324 e. The smallest absolute Gasteiger partial charge is 0.321 e. The maximum absolute atomic E-state index is 12.6. The van der Waals surface area contributed by atoms with Crippen molar-refractivity contribution in [1.82, 2.24) is 19.8 Å². The second kappa shape index (κ2) is 8.76. The van der Waals surface area contributed by atoms with Crippen LogP contribution >= 0.6 is 0 Å². The normalized spacial score (nSPS) is 17.8. The molecule has 0 saturated carbocycles. The van der Waals surface area contributed by atoms with E-state index >= 15 is 0 Å². The third kappa shape index (κ3) is 5.02. The first-order valence-electron chi connectivity index (χ1n) is 9.20. The van der Waals surface area contributed by atoms with Gasteiger partial charge in [-0.3, -0.25) is 14.9 Å². The Morgan fingerprint density at radius 3 is 2.88 bits per heavy atom. The monoisotopic (exact) mass is 353 g/mol. The van der Waals surface area contributed by atoms with E-state index in [0.29, 0.717) is 6.04 Å². The SMILES string of the molecule is Cc1cc(NC(=O)N2CCCC(N(C)Cc3ccccn3)CC2)ccn1. The van der Waals surface area contributed by atoms with E-state index < -0.39 is 0 Å². The fraction of sp³-hybridized carbons (Fsp3) is 0.450. The number of nitrogens with one attached hydrogen (secondary N) is 1. The molecule has 6 heteroatoms. The van der Waals surface area contributed by atoms with E-state index in [2.05, 4.69) is 33.3 Å². The van der Waals surface area contributed by atoms with Gasteiger partial charge in [-0.25, -0.2) is 4.79 Å². The molecule has 3 heterocycles. The number of urea groups is 1. The molecular formula is C20H27N5O. The van der Waals surface area contributed by atoms with E-state index in [-0.39, 0.29) is 6.03 Å². The van der Waals surface area contributed by atoms with Gasteiger partial charge in [0.1, 0.15) is 0 Å². The molecule has 3 rings (SSSR count). The van der Waals surface area contributed by atoms with Gasteiger partial charge < -0.3 is 10.2 Å². The van der Waals surface area contributed by atoms with E-state index in [1.54, 1.807) is 6.20 Å². The van der Waals surface area contributed by atoms with Crippen LogP contribution in [0.2, 0.25) is 0 Å². The quantitative estimate of drug-likeness (QED) is 0.916. The number of carbonyl (C=O) groups is 1. The summed E-state index contributed by atoms with van der Waals surface area (Å²) in [6.45, 7) is 4.33. The van der Waals surface area contributed by atoms with Crippen molar-refractivity contribution in [3.05, 3.63) is 54.1 Å². The zero-order valence-electron chi connectivity index (χ0n) is 15.6. The molecule has 2 aromatic rings. The molecular weight excluding hydrogens is 326 g/mol. The molecule has 1 N–H and O–H groups in total. The Labute approximate surface area is 155 Å². The lowest BCUT2D eigenvalue weighted by atomic mass is 10.1. The van der Waals surface area contributed by atoms with Crippen molar-refractivity contribution in [1.29, 1.82) is 0 Å². The first-order valence-corrected chi connectivity index (χ1v) is 9.20. The van der Waals surface area contributed by atoms with Crippen LogP contribution in [0, 0.1) is 6.92 Å². The van der Waals surface area contributed by atoms with Gasteiger partial charge in [0.15, 0.2) is 0 Å². The van der Waals surface area contributed by atoms with Crippen molar-refractivity contribution in [3.63, 3.8) is 0 Å². The Morgan fingerprint density at radius 2 is 2.12 bits per heavy atom. The maximum atomic E-state index is 12.6. The van der Waals surface area contributed by atoms with Gasteiger partial charge in [0.05, 0.1) is 5.69 Å². The van der Waals surface area contributed by atoms with Gasteiger partial charge in [0.25, 0.3) is 0 Å². The second-order valence-corrected chi connectivity index (χ2v) is 6.92. The lowest BCUT2D eigenvalue weighted by molar-refractivity contribution is 0.200. The van der Waals surface area contributed by atoms with Crippen LogP contribution in [0.15, 0.2) is 42.7 Å². The second-order valence-electron chi connectivity index (χ2n) is 6.92. The van der Waals surface area contributed by atoms with Gasteiger partial charge >= 0.3 is 6.03 Å². The van der Waals surface area contributed by atoms with E-state index in [4.69, 9.17) is 0 Å². The number of rotatable bonds is 4. The summed E-state index contributed by atoms with van der Waals surface area (Å²) in [5.74, 6) is 0. The zero-order chi connectivity index (χ0) is 18.4. The number of pyridine rings is 2. The van der Waals surface area contributed by atoms with E-state index in [1.165, 1.54) is 0 Å². The van der Waals surface area contributed by atoms with E-state index in [1.807, 2.05) is 42.3 Å². The number of anilines is 1. The Bertz CT molecular complexity index is 721. The Balaban J connectivity index is 1.53. The van der Waals surface area contributed by atoms with Crippen LogP contribution in [-0.4, -0.2) is 52.0 Å². The van der Waals surface area contributed by atoms with Crippen molar-refractivity contribution in [3.8, 4) is 0 Å². The molecule has 1 unspecified atom stereocenters. The molecule has 0 aliphatic carbocycles. The first kappa shape index (κ1) is 18.3. The largest absolute Gasteiger partial charge is 0.324 e. The highest BCUT2D eigenvalue weighted by molar-refractivity contribution is 5.89. The molecule has 1 saturated heterocycles. The summed E-state index contributed by atoms with van der Waals surface area (Å²) in [6.07, 6.45) is 6.65. The molecule has 1 atom stereocenters. The van der Waals surface area contributed by atoms with Crippen LogP contribution in [0.1, 0.15) is 30.7 Å². The molecule has 2 aromatic heterocycles. The predicted octanol–water partition coefficient (Wildman–Crippen LogP) is 3.30. The van der Waals surface area contributed by atoms with Gasteiger partial charge in [-0.15, -0.1) is 0 Å². The van der Waals surface area contributed by atoms with E-state index in [9.17, 15) is 4.79 Å². The number of aryl methyl sites for hydroxylation is 1. The van der Waals surface area contributed by atoms with Crippen LogP contribution in [0.3, 0.4) is 0 Å². The number of likely N-dealkylation sites (tertiary alicyclic amines) is 1. The van der Waals surface area contributed by atoms with Crippen molar-refractivity contribution >= 4 is 11.7 Å². The molecule has 26 heavy (non-hydrogen) atoms. The van der Waals surface area contributed by atoms with Crippen molar-refractivity contribution in [2.45, 2.75) is 38.8 Å². The lowest BCUT2D eigenvalue weighted by Crippen LogP contribution is -2.37. The highest BCUT2D eigenvalue weighted by atomic mass is 16.2. The predicted molar refractivity (Wildman–Crippen MR) is 103 cm³/mol. The topological polar surface area (TPSA) is 61.4 Å². The number of aromatic nitrogens is 2. The minimum atomic E-state index is -0.0244. The fourth-order valence-corrected chi connectivity index (χ4v) is 3.42. The summed E-state index contributed by atoms with van der Waals surface area (Å²) in [5.41, 5.74) is 2.78. The fourth-order valence-electron chi connectivity index (χ4n) is 3.42. The van der Waals surface area contributed by atoms with E-state index in [0.717, 1.165) is 56.0 Å². The molecule has 138 valence electrons. The number of amides is 2. The molecule has 1 fully saturated rings. The lowest BCUT2D eigenvalue weighted by Gasteiger charge is -2.27. The van der Waals surface area contributed by atoms with Crippen LogP contribution in [-0.2, 0) is 6.54 Å². The summed E-state index contributed by atoms with van der Waals surface area (Å²) in [5, 5.41) is 2.99. The first-order chi connectivity index (χ1) is 12.6. The molecule has 0 aromatic carbocycles. The molecule has 2 amide bonds. The van der Waals surface area contributed by atoms with Gasteiger partial charge in [-0.05, 0) is 57.5 Å². The van der Waals surface area contributed by atoms with Crippen LogP contribution < -0.4 is 5.32 Å². The molecule has 0 spiro atoms. The highest BCUT2D eigenvalue weighted by Gasteiger charge is 2.23. The Kier molecular flexibility index (Phi) is 6.17. The minimum absolute atomic E-state index is 0.0244. The average molecular weight is 353 g/mol. The zero-order valence-corrected chi connectivity index (χ0v) is 15.6. The van der Waals surface area contributed by atoms with Gasteiger partial charge in [-0.1, -0.05) is 6.07 Å². The summed E-state index contributed by atoms with van der Waals surface area (Å²) in [7, 11) is 2.15. The van der Waals surface area contributed by atoms with Gasteiger partial charge in [-0.2, -0.15) is 0 Å². The molecule has 0 radical (unpaired) electrons. The Hall–Kier alpha value is -2.47. The third-order valence-corrected chi connectivity index (χ3v) is 4.89. The molecule has 0 bridgehead atoms. The van der Waals surface area contributed by atoms with Gasteiger partial charge in [0, 0.05) is 49.5 Å². The summed E-state index contributed by atoms with van der Waals surface area (Å²) < 4.78 is 0. The highest BCUT2D eigenvalue weighted by Crippen LogP contribution is 2.18. The number of carbonyl (C=O) groups excluding carboxylic acids is 1. The maximum Gasteiger partial charge on any atom is 0.321 e. The van der Waals surface area contributed by atoms with Crippen molar-refractivity contribution in [2.24, 2.45) is 0 Å². The standard InChI is InChI=1S/C20H27N5O/c1-16-14-17(8-11-21-16)23-20(26)25-12-5-7-19(9-13-25)24(2)15-18-6-3-4-10-22-18/h3-4,6,8,10-11,14,19H,5,7,9,12-13,15H2,1-2H3,(H,21,23,26). The average Bonchev–Trinajstić information content (AvgIpc) is 2.89. The van der Waals surface area contributed by atoms with Crippen LogP contribution in [0.25, 0.3) is 0 Å². The van der Waals surface area contributed by atoms with Crippen molar-refractivity contribution < 1.29 is 4.79 Å². The molecule has 1 aliphatic heterocycles. The number of hydrogen-bond acceptors (Lipinski definition) is 4.